The number of piperidine rings is 1. The monoisotopic (exact) mass is 261 g/mol. The number of hydrogen-bond donors (Lipinski definition) is 1. The van der Waals surface area contributed by atoms with Crippen molar-refractivity contribution in [2.45, 2.75) is 26.2 Å². The quantitative estimate of drug-likeness (QED) is 0.881. The molecule has 1 amide bonds. The number of carbonyl (C=O) groups excluding carboxylic acids is 1. The van der Waals surface area contributed by atoms with Crippen LogP contribution in [0.3, 0.4) is 0 Å². The third-order valence-electron chi connectivity index (χ3n) is 3.45. The molecule has 1 aliphatic rings. The molecule has 0 aliphatic carbocycles. The molecular formula is C13H19N5O. The van der Waals surface area contributed by atoms with Crippen LogP contribution >= 0.6 is 0 Å². The van der Waals surface area contributed by atoms with Gasteiger partial charge in [0.1, 0.15) is 17.5 Å². The molecule has 6 nitrogen and oxygen atoms in total. The first kappa shape index (κ1) is 13.4. The first-order chi connectivity index (χ1) is 9.13. The summed E-state index contributed by atoms with van der Waals surface area (Å²) in [5.41, 5.74) is 1.19. The first-order valence-electron chi connectivity index (χ1n) is 6.59. The zero-order valence-electron chi connectivity index (χ0n) is 11.4. The summed E-state index contributed by atoms with van der Waals surface area (Å²) in [4.78, 5) is 13.9. The second-order valence-corrected chi connectivity index (χ2v) is 4.84. The van der Waals surface area contributed by atoms with Crippen molar-refractivity contribution in [3.63, 3.8) is 0 Å². The average molecular weight is 261 g/mol. The minimum absolute atomic E-state index is 0.0856. The number of aromatic nitrogens is 2. The maximum atomic E-state index is 12.0. The molecular weight excluding hydrogens is 242 g/mol. The third-order valence-corrected chi connectivity index (χ3v) is 3.45. The molecule has 1 fully saturated rings. The molecule has 0 saturated carbocycles. The molecule has 1 N–H and O–H groups in total. The van der Waals surface area contributed by atoms with Gasteiger partial charge in [-0.15, -0.1) is 0 Å². The number of aryl methyl sites for hydroxylation is 2. The van der Waals surface area contributed by atoms with E-state index in [1.54, 1.807) is 18.7 Å². The van der Waals surface area contributed by atoms with Crippen molar-refractivity contribution in [1.82, 2.24) is 14.7 Å². The molecule has 102 valence electrons. The van der Waals surface area contributed by atoms with Crippen molar-refractivity contribution < 1.29 is 4.79 Å². The van der Waals surface area contributed by atoms with E-state index in [0.717, 1.165) is 25.9 Å². The summed E-state index contributed by atoms with van der Waals surface area (Å²) in [5.74, 6) is 0.702. The Morgan fingerprint density at radius 3 is 2.74 bits per heavy atom. The molecule has 0 atom stereocenters. The van der Waals surface area contributed by atoms with Crippen molar-refractivity contribution in [2.24, 2.45) is 7.05 Å². The number of nitrogens with zero attached hydrogens (tertiary/aromatic N) is 4. The van der Waals surface area contributed by atoms with Gasteiger partial charge in [-0.2, -0.15) is 10.4 Å². The van der Waals surface area contributed by atoms with E-state index < -0.39 is 0 Å². The molecule has 0 aromatic carbocycles. The highest BCUT2D eigenvalue weighted by molar-refractivity contribution is 5.81. The second kappa shape index (κ2) is 5.74. The maximum Gasteiger partial charge on any atom is 0.241 e. The summed E-state index contributed by atoms with van der Waals surface area (Å²) in [6, 6.07) is 2.12. The zero-order chi connectivity index (χ0) is 13.8. The number of anilines is 1. The van der Waals surface area contributed by atoms with Crippen LogP contribution in [0.5, 0.6) is 0 Å². The van der Waals surface area contributed by atoms with Crippen LogP contribution in [0, 0.1) is 18.3 Å². The van der Waals surface area contributed by atoms with Gasteiger partial charge in [-0.25, -0.2) is 0 Å². The standard InChI is InChI=1S/C13H19N5O/c1-10-11(8-14)13(17(2)16-10)15-9-12(19)18-6-4-3-5-7-18/h15H,3-7,9H2,1-2H3. The van der Waals surface area contributed by atoms with Gasteiger partial charge in [-0.3, -0.25) is 9.48 Å². The van der Waals surface area contributed by atoms with E-state index in [4.69, 9.17) is 5.26 Å². The number of rotatable bonds is 3. The molecule has 0 bridgehead atoms. The smallest absolute Gasteiger partial charge is 0.241 e. The fourth-order valence-corrected chi connectivity index (χ4v) is 2.41. The van der Waals surface area contributed by atoms with Gasteiger partial charge >= 0.3 is 0 Å². The number of nitrogens with one attached hydrogen (secondary N) is 1. The van der Waals surface area contributed by atoms with Crippen molar-refractivity contribution >= 4 is 11.7 Å². The van der Waals surface area contributed by atoms with Gasteiger partial charge in [0.2, 0.25) is 5.91 Å². The largest absolute Gasteiger partial charge is 0.360 e. The lowest BCUT2D eigenvalue weighted by Gasteiger charge is -2.26. The Balaban J connectivity index is 1.99. The van der Waals surface area contributed by atoms with E-state index in [2.05, 4.69) is 16.5 Å². The van der Waals surface area contributed by atoms with Crippen molar-refractivity contribution in [1.29, 1.82) is 5.26 Å². The van der Waals surface area contributed by atoms with Crippen molar-refractivity contribution in [3.8, 4) is 6.07 Å². The van der Waals surface area contributed by atoms with Gasteiger partial charge in [0.05, 0.1) is 12.2 Å². The van der Waals surface area contributed by atoms with Gasteiger partial charge in [-0.05, 0) is 26.2 Å². The Hall–Kier alpha value is -2.03. The van der Waals surface area contributed by atoms with Gasteiger partial charge in [-0.1, -0.05) is 0 Å². The predicted octanol–water partition coefficient (Wildman–Crippen LogP) is 1.02. The summed E-state index contributed by atoms with van der Waals surface area (Å²) in [7, 11) is 1.77. The molecule has 19 heavy (non-hydrogen) atoms. The second-order valence-electron chi connectivity index (χ2n) is 4.84. The van der Waals surface area contributed by atoms with E-state index in [0.29, 0.717) is 17.1 Å². The summed E-state index contributed by atoms with van der Waals surface area (Å²) in [6.07, 6.45) is 3.37. The number of hydrogen-bond acceptors (Lipinski definition) is 4. The van der Waals surface area contributed by atoms with Gasteiger partial charge in [0.25, 0.3) is 0 Å². The number of likely N-dealkylation sites (tertiary alicyclic amines) is 1. The molecule has 1 aromatic rings. The Morgan fingerprint density at radius 1 is 1.42 bits per heavy atom. The molecule has 2 rings (SSSR count). The van der Waals surface area contributed by atoms with E-state index in [1.165, 1.54) is 6.42 Å². The van der Waals surface area contributed by atoms with Crippen LogP contribution in [0.15, 0.2) is 0 Å². The van der Waals surface area contributed by atoms with Crippen molar-refractivity contribution in [3.05, 3.63) is 11.3 Å². The topological polar surface area (TPSA) is 74.0 Å². The SMILES string of the molecule is Cc1nn(C)c(NCC(=O)N2CCCCC2)c1C#N. The van der Waals surface area contributed by atoms with Crippen LogP contribution in [-0.4, -0.2) is 40.2 Å². The third kappa shape index (κ3) is 2.87. The highest BCUT2D eigenvalue weighted by atomic mass is 16.2. The lowest BCUT2D eigenvalue weighted by atomic mass is 10.1. The van der Waals surface area contributed by atoms with Crippen LogP contribution in [0.1, 0.15) is 30.5 Å². The highest BCUT2D eigenvalue weighted by Gasteiger charge is 2.18. The normalized spacial score (nSPS) is 15.1. The van der Waals surface area contributed by atoms with Gasteiger partial charge < -0.3 is 10.2 Å². The van der Waals surface area contributed by atoms with E-state index in [1.807, 2.05) is 4.90 Å². The lowest BCUT2D eigenvalue weighted by molar-refractivity contribution is -0.130. The predicted molar refractivity (Wildman–Crippen MR) is 71.6 cm³/mol. The van der Waals surface area contributed by atoms with Gasteiger partial charge in [0, 0.05) is 20.1 Å². The summed E-state index contributed by atoms with van der Waals surface area (Å²) in [5, 5.41) is 16.3. The molecule has 1 aliphatic heterocycles. The summed E-state index contributed by atoms with van der Waals surface area (Å²) >= 11 is 0. The zero-order valence-corrected chi connectivity index (χ0v) is 11.4. The Bertz CT molecular complexity index is 508. The number of carbonyl (C=O) groups is 1. The average Bonchev–Trinajstić information content (AvgIpc) is 2.70. The van der Waals surface area contributed by atoms with Crippen LogP contribution < -0.4 is 5.32 Å². The Kier molecular flexibility index (Phi) is 4.05. The summed E-state index contributed by atoms with van der Waals surface area (Å²) < 4.78 is 1.61. The fourth-order valence-electron chi connectivity index (χ4n) is 2.41. The fraction of sp³-hybridized carbons (Fsp3) is 0.615. The van der Waals surface area contributed by atoms with E-state index >= 15 is 0 Å². The van der Waals surface area contributed by atoms with Crippen LogP contribution in [-0.2, 0) is 11.8 Å². The van der Waals surface area contributed by atoms with E-state index in [-0.39, 0.29) is 12.5 Å². The Morgan fingerprint density at radius 2 is 2.11 bits per heavy atom. The van der Waals surface area contributed by atoms with Crippen LogP contribution in [0.2, 0.25) is 0 Å². The minimum atomic E-state index is 0.0856. The highest BCUT2D eigenvalue weighted by Crippen LogP contribution is 2.17. The molecule has 6 heteroatoms. The number of amides is 1. The van der Waals surface area contributed by atoms with Crippen LogP contribution in [0.25, 0.3) is 0 Å². The molecule has 0 unspecified atom stereocenters. The van der Waals surface area contributed by atoms with Crippen molar-refractivity contribution in [2.75, 3.05) is 25.0 Å². The first-order valence-corrected chi connectivity index (χ1v) is 6.59. The molecule has 0 radical (unpaired) electrons. The maximum absolute atomic E-state index is 12.0. The van der Waals surface area contributed by atoms with Crippen LogP contribution in [0.4, 0.5) is 5.82 Å². The minimum Gasteiger partial charge on any atom is -0.360 e. The number of nitriles is 1. The molecule has 2 heterocycles. The Labute approximate surface area is 113 Å². The summed E-state index contributed by atoms with van der Waals surface area (Å²) in [6.45, 7) is 3.69. The van der Waals surface area contributed by atoms with Gasteiger partial charge in [0.15, 0.2) is 0 Å². The molecule has 0 spiro atoms. The lowest BCUT2D eigenvalue weighted by Crippen LogP contribution is -2.39. The van der Waals surface area contributed by atoms with E-state index in [9.17, 15) is 4.79 Å². The molecule has 1 aromatic heterocycles. The molecule has 1 saturated heterocycles.